The highest BCUT2D eigenvalue weighted by Crippen LogP contribution is 2.33. The summed E-state index contributed by atoms with van der Waals surface area (Å²) in [5.41, 5.74) is 5.94. The van der Waals surface area contributed by atoms with Crippen molar-refractivity contribution in [2.75, 3.05) is 13.1 Å². The highest BCUT2D eigenvalue weighted by atomic mass is 16.2. The summed E-state index contributed by atoms with van der Waals surface area (Å²) in [6, 6.07) is 14.9. The molecule has 2 aromatic carbocycles. The van der Waals surface area contributed by atoms with Crippen LogP contribution in [0.15, 0.2) is 47.3 Å². The fourth-order valence-corrected chi connectivity index (χ4v) is 5.33. The maximum Gasteiger partial charge on any atom is 0.347 e. The Hall–Kier alpha value is -3.15. The predicted octanol–water partition coefficient (Wildman–Crippen LogP) is 3.52. The van der Waals surface area contributed by atoms with E-state index < -0.39 is 0 Å². The van der Waals surface area contributed by atoms with Gasteiger partial charge in [-0.15, -0.1) is 0 Å². The van der Waals surface area contributed by atoms with Gasteiger partial charge in [-0.1, -0.05) is 30.3 Å². The second-order valence-corrected chi connectivity index (χ2v) is 9.58. The summed E-state index contributed by atoms with van der Waals surface area (Å²) in [6.45, 7) is 1.60. The lowest BCUT2D eigenvalue weighted by Gasteiger charge is -2.16. The third-order valence-corrected chi connectivity index (χ3v) is 7.29. The van der Waals surface area contributed by atoms with Gasteiger partial charge in [-0.3, -0.25) is 4.79 Å². The zero-order valence-electron chi connectivity index (χ0n) is 18.2. The molecular formula is C26H28N4O2. The van der Waals surface area contributed by atoms with Gasteiger partial charge in [-0.25, -0.2) is 14.5 Å². The normalized spacial score (nSPS) is 20.0. The highest BCUT2D eigenvalue weighted by molar-refractivity contribution is 5.81. The lowest BCUT2D eigenvalue weighted by molar-refractivity contribution is -0.131. The smallest absolute Gasteiger partial charge is 0.342 e. The second-order valence-electron chi connectivity index (χ2n) is 9.58. The molecule has 2 fully saturated rings. The number of nitrogens with zero attached hydrogens (tertiary/aromatic N) is 3. The molecule has 0 unspecified atom stereocenters. The lowest BCUT2D eigenvalue weighted by atomic mass is 10.0. The Morgan fingerprint density at radius 1 is 1.00 bits per heavy atom. The minimum absolute atomic E-state index is 0.214. The number of H-pyrrole nitrogens is 1. The molecule has 3 aliphatic rings. The summed E-state index contributed by atoms with van der Waals surface area (Å²) in [7, 11) is 0. The van der Waals surface area contributed by atoms with Crippen molar-refractivity contribution in [1.29, 1.82) is 0 Å². The molecule has 6 nitrogen and oxygen atoms in total. The lowest BCUT2D eigenvalue weighted by Crippen LogP contribution is -2.30. The van der Waals surface area contributed by atoms with Gasteiger partial charge >= 0.3 is 5.69 Å². The van der Waals surface area contributed by atoms with E-state index >= 15 is 0 Å². The Morgan fingerprint density at radius 3 is 2.59 bits per heavy atom. The van der Waals surface area contributed by atoms with Crippen LogP contribution in [0.1, 0.15) is 42.6 Å². The number of aryl methyl sites for hydroxylation is 2. The number of hydrogen-bond donors (Lipinski definition) is 1. The summed E-state index contributed by atoms with van der Waals surface area (Å²) in [5.74, 6) is 1.67. The Morgan fingerprint density at radius 2 is 1.78 bits per heavy atom. The van der Waals surface area contributed by atoms with Crippen molar-refractivity contribution >= 4 is 5.91 Å². The number of nitrogens with one attached hydrogen (secondary N) is 1. The van der Waals surface area contributed by atoms with Crippen molar-refractivity contribution in [3.63, 3.8) is 0 Å². The number of carbonyl (C=O) groups excluding carboxylic acids is 1. The minimum Gasteiger partial charge on any atom is -0.342 e. The van der Waals surface area contributed by atoms with E-state index in [1.807, 2.05) is 17.0 Å². The molecule has 3 aromatic rings. The van der Waals surface area contributed by atoms with Crippen molar-refractivity contribution in [2.45, 2.75) is 44.9 Å². The Kier molecular flexibility index (Phi) is 4.74. The second kappa shape index (κ2) is 7.76. The van der Waals surface area contributed by atoms with E-state index in [2.05, 4.69) is 40.5 Å². The molecule has 0 spiro atoms. The number of benzene rings is 2. The van der Waals surface area contributed by atoms with Gasteiger partial charge in [0.1, 0.15) is 5.82 Å². The maximum absolute atomic E-state index is 12.5. The molecule has 0 bridgehead atoms. The molecule has 1 saturated heterocycles. The highest BCUT2D eigenvalue weighted by Gasteiger charge is 2.36. The number of amides is 1. The van der Waals surface area contributed by atoms with Gasteiger partial charge in [-0.05, 0) is 78.8 Å². The van der Waals surface area contributed by atoms with Crippen LogP contribution in [0, 0.1) is 11.8 Å². The standard InChI is InChI=1S/C26H28N4O2/c31-25(20-5-6-20)29-13-12-17(16-29)14-24-27-28-26(32)30(24)23-10-8-19(9-11-23)22-7-4-18-2-1-3-21(18)15-22/h4,7-11,15,17,20H,1-3,5-6,12-14,16H2,(H,28,32)/t17-/m0/s1. The van der Waals surface area contributed by atoms with E-state index in [-0.39, 0.29) is 11.6 Å². The molecule has 1 saturated carbocycles. The van der Waals surface area contributed by atoms with Crippen LogP contribution in [-0.2, 0) is 24.1 Å². The summed E-state index contributed by atoms with van der Waals surface area (Å²) in [4.78, 5) is 26.9. The van der Waals surface area contributed by atoms with E-state index in [1.54, 1.807) is 4.57 Å². The van der Waals surface area contributed by atoms with E-state index in [1.165, 1.54) is 36.0 Å². The molecule has 2 heterocycles. The largest absolute Gasteiger partial charge is 0.347 e. The number of aromatic nitrogens is 3. The molecular weight excluding hydrogens is 400 g/mol. The van der Waals surface area contributed by atoms with Crippen LogP contribution in [0.25, 0.3) is 16.8 Å². The first-order valence-corrected chi connectivity index (χ1v) is 11.8. The van der Waals surface area contributed by atoms with Crippen LogP contribution in [0.3, 0.4) is 0 Å². The van der Waals surface area contributed by atoms with Crippen LogP contribution >= 0.6 is 0 Å². The van der Waals surface area contributed by atoms with Gasteiger partial charge in [0.2, 0.25) is 5.91 Å². The molecule has 1 N–H and O–H groups in total. The molecule has 0 radical (unpaired) electrons. The molecule has 2 aliphatic carbocycles. The van der Waals surface area contributed by atoms with Crippen molar-refractivity contribution in [3.05, 3.63) is 69.9 Å². The molecule has 6 rings (SSSR count). The Labute approximate surface area is 187 Å². The Balaban J connectivity index is 1.20. The predicted molar refractivity (Wildman–Crippen MR) is 123 cm³/mol. The molecule has 1 atom stereocenters. The summed E-state index contributed by atoms with van der Waals surface area (Å²) in [5, 5.41) is 6.94. The quantitative estimate of drug-likeness (QED) is 0.676. The van der Waals surface area contributed by atoms with E-state index in [0.717, 1.165) is 49.4 Å². The molecule has 164 valence electrons. The average molecular weight is 429 g/mol. The van der Waals surface area contributed by atoms with Crippen LogP contribution < -0.4 is 5.69 Å². The zero-order valence-corrected chi connectivity index (χ0v) is 18.2. The first-order chi connectivity index (χ1) is 15.7. The third-order valence-electron chi connectivity index (χ3n) is 7.29. The fraction of sp³-hybridized carbons (Fsp3) is 0.423. The van der Waals surface area contributed by atoms with Gasteiger partial charge in [-0.2, -0.15) is 5.10 Å². The molecule has 1 amide bonds. The van der Waals surface area contributed by atoms with Crippen molar-refractivity contribution in [2.24, 2.45) is 11.8 Å². The summed E-state index contributed by atoms with van der Waals surface area (Å²) in [6.07, 6.45) is 7.35. The number of fused-ring (bicyclic) bond motifs is 1. The monoisotopic (exact) mass is 428 g/mol. The van der Waals surface area contributed by atoms with Crippen molar-refractivity contribution in [1.82, 2.24) is 19.7 Å². The molecule has 1 aromatic heterocycles. The van der Waals surface area contributed by atoms with Gasteiger partial charge in [0.25, 0.3) is 0 Å². The van der Waals surface area contributed by atoms with Gasteiger partial charge in [0.05, 0.1) is 5.69 Å². The van der Waals surface area contributed by atoms with Crippen LogP contribution in [0.2, 0.25) is 0 Å². The molecule has 6 heteroatoms. The van der Waals surface area contributed by atoms with Crippen LogP contribution in [-0.4, -0.2) is 38.7 Å². The number of likely N-dealkylation sites (tertiary alicyclic amines) is 1. The zero-order chi connectivity index (χ0) is 21.7. The van der Waals surface area contributed by atoms with Crippen LogP contribution in [0.4, 0.5) is 0 Å². The van der Waals surface area contributed by atoms with Crippen molar-refractivity contribution < 1.29 is 4.79 Å². The van der Waals surface area contributed by atoms with E-state index in [4.69, 9.17) is 0 Å². The summed E-state index contributed by atoms with van der Waals surface area (Å²) >= 11 is 0. The average Bonchev–Trinajstić information content (AvgIpc) is 3.20. The van der Waals surface area contributed by atoms with E-state index in [9.17, 15) is 9.59 Å². The third kappa shape index (κ3) is 3.57. The topological polar surface area (TPSA) is 71.0 Å². The maximum atomic E-state index is 12.5. The summed E-state index contributed by atoms with van der Waals surface area (Å²) < 4.78 is 1.68. The number of rotatable bonds is 5. The van der Waals surface area contributed by atoms with Gasteiger partial charge in [0, 0.05) is 25.4 Å². The minimum atomic E-state index is -0.214. The number of aromatic amines is 1. The first kappa shape index (κ1) is 19.5. The first-order valence-electron chi connectivity index (χ1n) is 11.8. The Bertz CT molecular complexity index is 1220. The number of carbonyl (C=O) groups is 1. The van der Waals surface area contributed by atoms with Gasteiger partial charge in [0.15, 0.2) is 0 Å². The number of hydrogen-bond acceptors (Lipinski definition) is 3. The van der Waals surface area contributed by atoms with Crippen LogP contribution in [0.5, 0.6) is 0 Å². The molecule has 32 heavy (non-hydrogen) atoms. The van der Waals surface area contributed by atoms with Crippen molar-refractivity contribution in [3.8, 4) is 16.8 Å². The fourth-order valence-electron chi connectivity index (χ4n) is 5.33. The molecule has 1 aliphatic heterocycles. The van der Waals surface area contributed by atoms with Gasteiger partial charge < -0.3 is 4.90 Å². The van der Waals surface area contributed by atoms with E-state index in [0.29, 0.717) is 18.2 Å². The SMILES string of the molecule is O=C(C1CC1)N1CC[C@@H](Cc2n[nH]c(=O)n2-c2ccc(-c3ccc4c(c3)CCC4)cc2)C1.